The van der Waals surface area contributed by atoms with Gasteiger partial charge >= 0.3 is 0 Å². The summed E-state index contributed by atoms with van der Waals surface area (Å²) in [7, 11) is -4.23. The van der Waals surface area contributed by atoms with E-state index in [2.05, 4.69) is 0 Å². The SMILES string of the molecule is N#Cc1ccc(N2CCN(S(=O)(=O)c3c(F)cccc3F)CC2)cc1. The average Bonchev–Trinajstić information content (AvgIpc) is 2.61. The second-order valence-corrected chi connectivity index (χ2v) is 7.48. The average molecular weight is 363 g/mol. The fourth-order valence-corrected chi connectivity index (χ4v) is 4.32. The first kappa shape index (κ1) is 17.3. The second-order valence-electron chi connectivity index (χ2n) is 5.60. The maximum absolute atomic E-state index is 13.8. The molecule has 0 bridgehead atoms. The Balaban J connectivity index is 1.76. The van der Waals surface area contributed by atoms with Crippen molar-refractivity contribution in [3.05, 3.63) is 59.7 Å². The molecular weight excluding hydrogens is 348 g/mol. The molecule has 5 nitrogen and oxygen atoms in total. The number of anilines is 1. The highest BCUT2D eigenvalue weighted by Gasteiger charge is 2.33. The van der Waals surface area contributed by atoms with E-state index in [0.717, 1.165) is 28.2 Å². The van der Waals surface area contributed by atoms with Gasteiger partial charge in [-0.05, 0) is 36.4 Å². The quantitative estimate of drug-likeness (QED) is 0.840. The highest BCUT2D eigenvalue weighted by molar-refractivity contribution is 7.89. The minimum absolute atomic E-state index is 0.121. The zero-order valence-electron chi connectivity index (χ0n) is 13.2. The van der Waals surface area contributed by atoms with E-state index < -0.39 is 26.6 Å². The molecule has 8 heteroatoms. The Morgan fingerprint density at radius 3 is 2.00 bits per heavy atom. The van der Waals surface area contributed by atoms with E-state index in [1.54, 1.807) is 24.3 Å². The molecule has 130 valence electrons. The van der Waals surface area contributed by atoms with Crippen LogP contribution in [0.3, 0.4) is 0 Å². The van der Waals surface area contributed by atoms with Crippen LogP contribution in [0.5, 0.6) is 0 Å². The number of benzene rings is 2. The van der Waals surface area contributed by atoms with Crippen molar-refractivity contribution >= 4 is 15.7 Å². The summed E-state index contributed by atoms with van der Waals surface area (Å²) in [6.07, 6.45) is 0. The van der Waals surface area contributed by atoms with Gasteiger partial charge in [-0.2, -0.15) is 9.57 Å². The van der Waals surface area contributed by atoms with E-state index in [9.17, 15) is 17.2 Å². The van der Waals surface area contributed by atoms with Gasteiger partial charge in [0.2, 0.25) is 10.0 Å². The van der Waals surface area contributed by atoms with Crippen molar-refractivity contribution in [1.29, 1.82) is 5.26 Å². The summed E-state index contributed by atoms with van der Waals surface area (Å²) >= 11 is 0. The summed E-state index contributed by atoms with van der Waals surface area (Å²) < 4.78 is 53.8. The highest BCUT2D eigenvalue weighted by Crippen LogP contribution is 2.25. The highest BCUT2D eigenvalue weighted by atomic mass is 32.2. The first-order valence-electron chi connectivity index (χ1n) is 7.63. The van der Waals surface area contributed by atoms with Gasteiger partial charge < -0.3 is 4.90 Å². The molecule has 0 amide bonds. The molecule has 0 radical (unpaired) electrons. The largest absolute Gasteiger partial charge is 0.369 e. The van der Waals surface area contributed by atoms with Crippen LogP contribution in [0.15, 0.2) is 47.4 Å². The van der Waals surface area contributed by atoms with Gasteiger partial charge in [-0.1, -0.05) is 6.07 Å². The van der Waals surface area contributed by atoms with Gasteiger partial charge in [0.15, 0.2) is 4.90 Å². The molecule has 0 aliphatic carbocycles. The van der Waals surface area contributed by atoms with Gasteiger partial charge in [0.05, 0.1) is 11.6 Å². The predicted octanol–water partition coefficient (Wildman–Crippen LogP) is 2.35. The fraction of sp³-hybridized carbons (Fsp3) is 0.235. The molecule has 2 aromatic carbocycles. The van der Waals surface area contributed by atoms with Crippen molar-refractivity contribution < 1.29 is 17.2 Å². The Kier molecular flexibility index (Phi) is 4.70. The van der Waals surface area contributed by atoms with E-state index in [4.69, 9.17) is 5.26 Å². The van der Waals surface area contributed by atoms with Crippen LogP contribution in [0.1, 0.15) is 5.56 Å². The van der Waals surface area contributed by atoms with Gasteiger partial charge in [-0.25, -0.2) is 17.2 Å². The number of nitriles is 1. The molecule has 0 aromatic heterocycles. The van der Waals surface area contributed by atoms with Gasteiger partial charge in [-0.3, -0.25) is 0 Å². The first-order chi connectivity index (χ1) is 11.9. The zero-order chi connectivity index (χ0) is 18.0. The lowest BCUT2D eigenvalue weighted by Crippen LogP contribution is -2.49. The Bertz CT molecular complexity index is 896. The van der Waals surface area contributed by atoms with Crippen LogP contribution in [-0.2, 0) is 10.0 Å². The molecule has 25 heavy (non-hydrogen) atoms. The summed E-state index contributed by atoms with van der Waals surface area (Å²) in [5, 5.41) is 8.82. The summed E-state index contributed by atoms with van der Waals surface area (Å²) in [6.45, 7) is 1.02. The van der Waals surface area contributed by atoms with Crippen molar-refractivity contribution in [3.8, 4) is 6.07 Å². The molecule has 1 aliphatic heterocycles. The lowest BCUT2D eigenvalue weighted by atomic mass is 10.2. The van der Waals surface area contributed by atoms with Crippen LogP contribution >= 0.6 is 0 Å². The van der Waals surface area contributed by atoms with Crippen LogP contribution in [-0.4, -0.2) is 38.9 Å². The molecule has 1 fully saturated rings. The van der Waals surface area contributed by atoms with Crippen molar-refractivity contribution in [2.75, 3.05) is 31.1 Å². The smallest absolute Gasteiger partial charge is 0.249 e. The van der Waals surface area contributed by atoms with Gasteiger partial charge in [0, 0.05) is 31.9 Å². The third-order valence-electron chi connectivity index (χ3n) is 4.12. The molecule has 3 rings (SSSR count). The Morgan fingerprint density at radius 2 is 1.48 bits per heavy atom. The summed E-state index contributed by atoms with van der Waals surface area (Å²) in [5.74, 6) is -2.18. The van der Waals surface area contributed by atoms with Gasteiger partial charge in [0.25, 0.3) is 0 Å². The van der Waals surface area contributed by atoms with Crippen LogP contribution < -0.4 is 4.90 Å². The molecule has 0 N–H and O–H groups in total. The number of sulfonamides is 1. The third kappa shape index (κ3) is 3.34. The second kappa shape index (κ2) is 6.78. The van der Waals surface area contributed by atoms with E-state index in [1.165, 1.54) is 0 Å². The molecule has 1 heterocycles. The Labute approximate surface area is 144 Å². The predicted molar refractivity (Wildman–Crippen MR) is 88.5 cm³/mol. The fourth-order valence-electron chi connectivity index (χ4n) is 2.79. The van der Waals surface area contributed by atoms with Crippen LogP contribution in [0.2, 0.25) is 0 Å². The molecule has 1 saturated heterocycles. The van der Waals surface area contributed by atoms with Crippen LogP contribution in [0.25, 0.3) is 0 Å². The number of piperazine rings is 1. The Morgan fingerprint density at radius 1 is 0.920 bits per heavy atom. The zero-order valence-corrected chi connectivity index (χ0v) is 14.0. The van der Waals surface area contributed by atoms with E-state index >= 15 is 0 Å². The maximum Gasteiger partial charge on any atom is 0.249 e. The maximum atomic E-state index is 13.8. The van der Waals surface area contributed by atoms with Crippen molar-refractivity contribution in [2.24, 2.45) is 0 Å². The molecule has 0 spiro atoms. The molecule has 1 aliphatic rings. The third-order valence-corrected chi connectivity index (χ3v) is 6.07. The molecule has 0 saturated carbocycles. The molecule has 2 aromatic rings. The lowest BCUT2D eigenvalue weighted by molar-refractivity contribution is 0.378. The summed E-state index contributed by atoms with van der Waals surface area (Å²) in [4.78, 5) is 1.06. The van der Waals surface area contributed by atoms with Crippen molar-refractivity contribution in [3.63, 3.8) is 0 Å². The standard InChI is InChI=1S/C17H15F2N3O2S/c18-15-2-1-3-16(19)17(15)25(23,24)22-10-8-21(9-11-22)14-6-4-13(12-20)5-7-14/h1-7H,8-11H2. The van der Waals surface area contributed by atoms with E-state index in [-0.39, 0.29) is 13.1 Å². The van der Waals surface area contributed by atoms with E-state index in [1.807, 2.05) is 11.0 Å². The van der Waals surface area contributed by atoms with Crippen LogP contribution in [0, 0.1) is 23.0 Å². The number of nitrogens with zero attached hydrogens (tertiary/aromatic N) is 3. The minimum atomic E-state index is -4.23. The lowest BCUT2D eigenvalue weighted by Gasteiger charge is -2.35. The van der Waals surface area contributed by atoms with Crippen molar-refractivity contribution in [2.45, 2.75) is 4.90 Å². The monoisotopic (exact) mass is 363 g/mol. The Hall–Kier alpha value is -2.50. The van der Waals surface area contributed by atoms with E-state index in [0.29, 0.717) is 18.7 Å². The number of hydrogen-bond acceptors (Lipinski definition) is 4. The molecular formula is C17H15F2N3O2S. The van der Waals surface area contributed by atoms with Gasteiger partial charge in [0.1, 0.15) is 11.6 Å². The summed E-state index contributed by atoms with van der Waals surface area (Å²) in [6, 6.07) is 12.0. The minimum Gasteiger partial charge on any atom is -0.369 e. The van der Waals surface area contributed by atoms with Crippen LogP contribution in [0.4, 0.5) is 14.5 Å². The molecule has 0 unspecified atom stereocenters. The summed E-state index contributed by atoms with van der Waals surface area (Å²) in [5.41, 5.74) is 1.41. The first-order valence-corrected chi connectivity index (χ1v) is 9.07. The van der Waals surface area contributed by atoms with Crippen molar-refractivity contribution in [1.82, 2.24) is 4.31 Å². The number of halogens is 2. The normalized spacial score (nSPS) is 15.8. The number of hydrogen-bond donors (Lipinski definition) is 0. The topological polar surface area (TPSA) is 64.4 Å². The molecule has 0 atom stereocenters. The number of rotatable bonds is 3. The van der Waals surface area contributed by atoms with Gasteiger partial charge in [-0.15, -0.1) is 0 Å².